The van der Waals surface area contributed by atoms with Gasteiger partial charge in [0.2, 0.25) is 0 Å². The van der Waals surface area contributed by atoms with Gasteiger partial charge < -0.3 is 30.6 Å². The van der Waals surface area contributed by atoms with Crippen LogP contribution in [0.1, 0.15) is 82.0 Å². The molecular formula is C40H38O8. The van der Waals surface area contributed by atoms with Crippen LogP contribution in [0, 0.1) is 5.92 Å². The van der Waals surface area contributed by atoms with E-state index in [0.717, 1.165) is 16.7 Å². The molecule has 0 amide bonds. The lowest BCUT2D eigenvalue weighted by Gasteiger charge is -2.37. The van der Waals surface area contributed by atoms with Gasteiger partial charge >= 0.3 is 0 Å². The highest BCUT2D eigenvalue weighted by Gasteiger charge is 2.43. The normalized spacial score (nSPS) is 17.6. The number of hydrogen-bond donors (Lipinski definition) is 6. The van der Waals surface area contributed by atoms with Gasteiger partial charge in [-0.3, -0.25) is 9.59 Å². The average Bonchev–Trinajstić information content (AvgIpc) is 3.04. The number of rotatable bonds is 9. The van der Waals surface area contributed by atoms with Gasteiger partial charge in [0.05, 0.1) is 11.1 Å². The molecule has 0 bridgehead atoms. The molecule has 1 aliphatic rings. The maximum absolute atomic E-state index is 14.7. The Morgan fingerprint density at radius 2 is 1.35 bits per heavy atom. The van der Waals surface area contributed by atoms with Crippen molar-refractivity contribution >= 4 is 17.6 Å². The van der Waals surface area contributed by atoms with E-state index in [0.29, 0.717) is 12.0 Å². The van der Waals surface area contributed by atoms with Crippen LogP contribution in [0.3, 0.4) is 0 Å². The summed E-state index contributed by atoms with van der Waals surface area (Å²) in [4.78, 5) is 28.0. The number of ketones is 2. The SMILES string of the molecule is CC(C)=CCc1c(O)ccc(C(=O)[C@H]2[C@@H](c3c(O)ccc(C(=O)/C=C/c4ccc(O)cc4)c3O)C=C(C)C[C@@H]2c2ccc(O)cc2)c1O. The molecule has 0 unspecified atom stereocenters. The van der Waals surface area contributed by atoms with Gasteiger partial charge in [0.1, 0.15) is 34.5 Å². The van der Waals surface area contributed by atoms with Crippen molar-refractivity contribution in [3.05, 3.63) is 136 Å². The lowest BCUT2D eigenvalue weighted by Crippen LogP contribution is -2.31. The van der Waals surface area contributed by atoms with E-state index in [1.165, 1.54) is 60.7 Å². The van der Waals surface area contributed by atoms with Crippen LogP contribution in [0.15, 0.2) is 102 Å². The zero-order valence-corrected chi connectivity index (χ0v) is 26.9. The van der Waals surface area contributed by atoms with Crippen molar-refractivity contribution in [3.63, 3.8) is 0 Å². The molecule has 0 aliphatic heterocycles. The van der Waals surface area contributed by atoms with Crippen LogP contribution < -0.4 is 0 Å². The van der Waals surface area contributed by atoms with Gasteiger partial charge in [-0.25, -0.2) is 0 Å². The summed E-state index contributed by atoms with van der Waals surface area (Å²) in [7, 11) is 0. The maximum Gasteiger partial charge on any atom is 0.189 e. The molecule has 0 aromatic heterocycles. The second-order valence-corrected chi connectivity index (χ2v) is 12.5. The van der Waals surface area contributed by atoms with Crippen molar-refractivity contribution in [1.29, 1.82) is 0 Å². The highest BCUT2D eigenvalue weighted by molar-refractivity contribution is 6.09. The van der Waals surface area contributed by atoms with Crippen LogP contribution in [0.2, 0.25) is 0 Å². The fourth-order valence-electron chi connectivity index (χ4n) is 6.34. The van der Waals surface area contributed by atoms with E-state index in [-0.39, 0.29) is 57.4 Å². The predicted molar refractivity (Wildman–Crippen MR) is 184 cm³/mol. The van der Waals surface area contributed by atoms with Gasteiger partial charge in [-0.15, -0.1) is 0 Å². The first kappa shape index (κ1) is 33.6. The van der Waals surface area contributed by atoms with E-state index in [1.54, 1.807) is 30.3 Å². The number of aromatic hydroxyl groups is 6. The van der Waals surface area contributed by atoms with Crippen molar-refractivity contribution in [2.45, 2.75) is 45.4 Å². The van der Waals surface area contributed by atoms with Crippen LogP contribution >= 0.6 is 0 Å². The van der Waals surface area contributed by atoms with Gasteiger partial charge in [-0.05, 0) is 105 Å². The van der Waals surface area contributed by atoms with Crippen molar-refractivity contribution < 1.29 is 40.2 Å². The molecule has 1 aliphatic carbocycles. The van der Waals surface area contributed by atoms with Gasteiger partial charge in [0, 0.05) is 23.0 Å². The third-order valence-electron chi connectivity index (χ3n) is 8.80. The number of hydrogen-bond acceptors (Lipinski definition) is 8. The minimum Gasteiger partial charge on any atom is -0.508 e. The molecule has 4 aromatic carbocycles. The summed E-state index contributed by atoms with van der Waals surface area (Å²) in [5.41, 5.74) is 3.26. The Hall–Kier alpha value is -5.76. The number of Topliss-reactive ketones (excluding diaryl/α,β-unsaturated/α-hetero) is 1. The molecule has 8 nitrogen and oxygen atoms in total. The Morgan fingerprint density at radius 1 is 0.750 bits per heavy atom. The number of benzene rings is 4. The van der Waals surface area contributed by atoms with Gasteiger partial charge in [0.15, 0.2) is 11.6 Å². The Morgan fingerprint density at radius 3 is 2.00 bits per heavy atom. The van der Waals surface area contributed by atoms with Crippen LogP contribution in [-0.4, -0.2) is 42.2 Å². The zero-order chi connectivity index (χ0) is 34.7. The Kier molecular flexibility index (Phi) is 9.75. The molecule has 0 saturated heterocycles. The van der Waals surface area contributed by atoms with Gasteiger partial charge in [0.25, 0.3) is 0 Å². The Balaban J connectivity index is 1.65. The lowest BCUT2D eigenvalue weighted by molar-refractivity contribution is 0.0877. The molecule has 4 aromatic rings. The molecule has 246 valence electrons. The number of phenolic OH excluding ortho intramolecular Hbond substituents is 6. The second kappa shape index (κ2) is 13.9. The van der Waals surface area contributed by atoms with E-state index < -0.39 is 35.1 Å². The summed E-state index contributed by atoms with van der Waals surface area (Å²) in [6.07, 6.45) is 7.04. The first-order valence-corrected chi connectivity index (χ1v) is 15.6. The third kappa shape index (κ3) is 6.98. The second-order valence-electron chi connectivity index (χ2n) is 12.5. The van der Waals surface area contributed by atoms with E-state index in [1.807, 2.05) is 26.8 Å². The molecule has 48 heavy (non-hydrogen) atoms. The number of carbonyl (C=O) groups is 2. The van der Waals surface area contributed by atoms with Crippen molar-refractivity contribution in [2.75, 3.05) is 0 Å². The smallest absolute Gasteiger partial charge is 0.189 e. The minimum atomic E-state index is -0.986. The fourth-order valence-corrected chi connectivity index (χ4v) is 6.34. The van der Waals surface area contributed by atoms with Gasteiger partial charge in [-0.2, -0.15) is 0 Å². The quantitative estimate of drug-likeness (QED) is 0.0606. The summed E-state index contributed by atoms with van der Waals surface area (Å²) in [6.45, 7) is 5.64. The topological polar surface area (TPSA) is 156 Å². The van der Waals surface area contributed by atoms with Crippen molar-refractivity contribution in [2.24, 2.45) is 5.92 Å². The Labute approximate surface area is 278 Å². The summed E-state index contributed by atoms with van der Waals surface area (Å²) >= 11 is 0. The third-order valence-corrected chi connectivity index (χ3v) is 8.80. The Bertz CT molecular complexity index is 1940. The standard InChI is InChI=1S/C40H38O8/c1-22(2)4-14-28-34(44)18-16-30(38(28)46)40(48)36-31(25-8-12-27(42)13-9-25)20-23(3)21-32(36)37-35(45)19-15-29(39(37)47)33(43)17-7-24-5-10-26(41)11-6-24/h4-13,15-19,21,31-32,36,41-42,44-47H,14,20H2,1-3H3/b17-7+/t31-,32+,36-/m1/s1. The first-order chi connectivity index (χ1) is 22.8. The molecule has 3 atom stereocenters. The highest BCUT2D eigenvalue weighted by atomic mass is 16.3. The van der Waals surface area contributed by atoms with E-state index in [2.05, 4.69) is 0 Å². The molecule has 0 saturated carbocycles. The monoisotopic (exact) mass is 646 g/mol. The van der Waals surface area contributed by atoms with E-state index >= 15 is 0 Å². The highest BCUT2D eigenvalue weighted by Crippen LogP contribution is 2.52. The molecule has 0 radical (unpaired) electrons. The van der Waals surface area contributed by atoms with E-state index in [4.69, 9.17) is 0 Å². The lowest BCUT2D eigenvalue weighted by atomic mass is 9.65. The van der Waals surface area contributed by atoms with Crippen LogP contribution in [0.5, 0.6) is 34.5 Å². The molecule has 5 rings (SSSR count). The number of phenols is 6. The van der Waals surface area contributed by atoms with Crippen LogP contribution in [0.25, 0.3) is 6.08 Å². The first-order valence-electron chi connectivity index (χ1n) is 15.6. The zero-order valence-electron chi connectivity index (χ0n) is 26.9. The largest absolute Gasteiger partial charge is 0.508 e. The van der Waals surface area contributed by atoms with Crippen molar-refractivity contribution in [3.8, 4) is 34.5 Å². The predicted octanol–water partition coefficient (Wildman–Crippen LogP) is 8.04. The molecule has 8 heteroatoms. The molecule has 0 heterocycles. The number of carbonyl (C=O) groups excluding carboxylic acids is 2. The minimum absolute atomic E-state index is 0.0110. The summed E-state index contributed by atoms with van der Waals surface area (Å²) < 4.78 is 0. The van der Waals surface area contributed by atoms with Crippen LogP contribution in [0.4, 0.5) is 0 Å². The summed E-state index contributed by atoms with van der Waals surface area (Å²) in [5, 5.41) is 64.3. The van der Waals surface area contributed by atoms with Crippen LogP contribution in [-0.2, 0) is 6.42 Å². The van der Waals surface area contributed by atoms with E-state index in [9.17, 15) is 40.2 Å². The molecular weight excluding hydrogens is 608 g/mol. The van der Waals surface area contributed by atoms with Gasteiger partial charge in [-0.1, -0.05) is 53.6 Å². The summed E-state index contributed by atoms with van der Waals surface area (Å²) in [5.74, 6) is -4.66. The molecule has 0 spiro atoms. The number of allylic oxidation sites excluding steroid dienone is 5. The average molecular weight is 647 g/mol. The summed E-state index contributed by atoms with van der Waals surface area (Å²) in [6, 6.07) is 18.0. The molecule has 6 N–H and O–H groups in total. The fraction of sp³-hybridized carbons (Fsp3) is 0.200. The maximum atomic E-state index is 14.7. The van der Waals surface area contributed by atoms with Crippen molar-refractivity contribution in [1.82, 2.24) is 0 Å². The molecule has 0 fully saturated rings.